The third-order valence-electron chi connectivity index (χ3n) is 2.85. The zero-order valence-corrected chi connectivity index (χ0v) is 12.8. The van der Waals surface area contributed by atoms with Crippen molar-refractivity contribution in [2.24, 2.45) is 5.73 Å². The predicted octanol–water partition coefficient (Wildman–Crippen LogP) is 3.01. The van der Waals surface area contributed by atoms with Crippen LogP contribution in [0.15, 0.2) is 0 Å². The molecule has 0 aliphatic rings. The van der Waals surface area contributed by atoms with E-state index in [1.165, 1.54) is 32.1 Å². The first-order valence-electron chi connectivity index (χ1n) is 7.08. The van der Waals surface area contributed by atoms with E-state index in [0.717, 1.165) is 12.8 Å². The van der Waals surface area contributed by atoms with E-state index in [9.17, 15) is 9.59 Å². The van der Waals surface area contributed by atoms with Gasteiger partial charge in [0.15, 0.2) is 0 Å². The van der Waals surface area contributed by atoms with Gasteiger partial charge in [0.2, 0.25) is 0 Å². The first-order valence-corrected chi connectivity index (χ1v) is 7.08. The van der Waals surface area contributed by atoms with Gasteiger partial charge in [-0.05, 0) is 6.42 Å². The van der Waals surface area contributed by atoms with Crippen LogP contribution in [0.3, 0.4) is 0 Å². The smallest absolute Gasteiger partial charge is 0.306 e. The van der Waals surface area contributed by atoms with Crippen molar-refractivity contribution in [3.05, 3.63) is 0 Å². The topological polar surface area (TPSA) is 69.4 Å². The molecule has 0 aliphatic heterocycles. The van der Waals surface area contributed by atoms with Crippen LogP contribution in [-0.4, -0.2) is 24.9 Å². The molecule has 4 nitrogen and oxygen atoms in total. The Hall–Kier alpha value is -0.610. The maximum absolute atomic E-state index is 11.2. The van der Waals surface area contributed by atoms with Gasteiger partial charge in [-0.3, -0.25) is 9.59 Å². The quantitative estimate of drug-likeness (QED) is 0.443. The Bertz CT molecular complexity index is 235. The van der Waals surface area contributed by atoms with Gasteiger partial charge in [0.25, 0.3) is 0 Å². The zero-order chi connectivity index (χ0) is 13.6. The number of halogens is 1. The van der Waals surface area contributed by atoms with Crippen molar-refractivity contribution in [3.63, 3.8) is 0 Å². The summed E-state index contributed by atoms with van der Waals surface area (Å²) in [5, 5.41) is 0. The van der Waals surface area contributed by atoms with Gasteiger partial charge in [0.05, 0.1) is 19.6 Å². The summed E-state index contributed by atoms with van der Waals surface area (Å²) in [4.78, 5) is 22.1. The molecule has 0 saturated carbocycles. The van der Waals surface area contributed by atoms with Gasteiger partial charge in [-0.25, -0.2) is 0 Å². The molecule has 0 bridgehead atoms. The lowest BCUT2D eigenvalue weighted by Gasteiger charge is -2.04. The molecule has 0 rings (SSSR count). The van der Waals surface area contributed by atoms with E-state index in [1.54, 1.807) is 0 Å². The molecule has 19 heavy (non-hydrogen) atoms. The van der Waals surface area contributed by atoms with Crippen LogP contribution in [0.2, 0.25) is 0 Å². The van der Waals surface area contributed by atoms with Crippen LogP contribution >= 0.6 is 12.4 Å². The van der Waals surface area contributed by atoms with Crippen molar-refractivity contribution in [2.75, 3.05) is 13.2 Å². The molecule has 0 saturated heterocycles. The second-order valence-electron chi connectivity index (χ2n) is 4.58. The molecule has 0 aromatic heterocycles. The second-order valence-corrected chi connectivity index (χ2v) is 4.58. The van der Waals surface area contributed by atoms with Crippen LogP contribution in [0.1, 0.15) is 64.7 Å². The van der Waals surface area contributed by atoms with Crippen molar-refractivity contribution in [1.29, 1.82) is 0 Å². The Morgan fingerprint density at radius 3 is 2.11 bits per heavy atom. The SMILES string of the molecule is CCCCCCCCCOC(=O)CCC(=O)CN.Cl. The highest BCUT2D eigenvalue weighted by atomic mass is 35.5. The van der Waals surface area contributed by atoms with Crippen LogP contribution in [-0.2, 0) is 14.3 Å². The third-order valence-corrected chi connectivity index (χ3v) is 2.85. The Morgan fingerprint density at radius 1 is 0.947 bits per heavy atom. The molecule has 5 heteroatoms. The number of unbranched alkanes of at least 4 members (excludes halogenated alkanes) is 6. The van der Waals surface area contributed by atoms with E-state index < -0.39 is 0 Å². The minimum atomic E-state index is -0.289. The van der Waals surface area contributed by atoms with Gasteiger partial charge in [0, 0.05) is 6.42 Å². The van der Waals surface area contributed by atoms with Crippen molar-refractivity contribution in [2.45, 2.75) is 64.7 Å². The Morgan fingerprint density at radius 2 is 1.53 bits per heavy atom. The lowest BCUT2D eigenvalue weighted by molar-refractivity contribution is -0.144. The summed E-state index contributed by atoms with van der Waals surface area (Å²) >= 11 is 0. The number of ketones is 1. The minimum Gasteiger partial charge on any atom is -0.466 e. The number of nitrogens with two attached hydrogens (primary N) is 1. The number of ether oxygens (including phenoxy) is 1. The molecule has 0 heterocycles. The fourth-order valence-corrected chi connectivity index (χ4v) is 1.66. The number of carbonyl (C=O) groups is 2. The van der Waals surface area contributed by atoms with Gasteiger partial charge >= 0.3 is 5.97 Å². The van der Waals surface area contributed by atoms with Crippen molar-refractivity contribution in [1.82, 2.24) is 0 Å². The largest absolute Gasteiger partial charge is 0.466 e. The average molecular weight is 294 g/mol. The van der Waals surface area contributed by atoms with Crippen LogP contribution in [0, 0.1) is 0 Å². The van der Waals surface area contributed by atoms with Crippen molar-refractivity contribution in [3.8, 4) is 0 Å². The predicted molar refractivity (Wildman–Crippen MR) is 79.5 cm³/mol. The number of rotatable bonds is 12. The monoisotopic (exact) mass is 293 g/mol. The van der Waals surface area contributed by atoms with E-state index in [4.69, 9.17) is 10.5 Å². The van der Waals surface area contributed by atoms with E-state index in [1.807, 2.05) is 0 Å². The van der Waals surface area contributed by atoms with Crippen LogP contribution in [0.5, 0.6) is 0 Å². The molecule has 0 fully saturated rings. The lowest BCUT2D eigenvalue weighted by atomic mass is 10.1. The zero-order valence-electron chi connectivity index (χ0n) is 12.0. The lowest BCUT2D eigenvalue weighted by Crippen LogP contribution is -2.15. The van der Waals surface area contributed by atoms with E-state index in [2.05, 4.69) is 6.92 Å². The highest BCUT2D eigenvalue weighted by molar-refractivity contribution is 5.85. The second kappa shape index (κ2) is 15.4. The summed E-state index contributed by atoms with van der Waals surface area (Å²) in [6.45, 7) is 2.68. The first kappa shape index (κ1) is 20.7. The number of carbonyl (C=O) groups excluding carboxylic acids is 2. The Kier molecular flexibility index (Phi) is 16.8. The van der Waals surface area contributed by atoms with Crippen LogP contribution < -0.4 is 5.73 Å². The number of Topliss-reactive ketones (excluding diaryl/α,β-unsaturated/α-hetero) is 1. The molecule has 0 aliphatic carbocycles. The summed E-state index contributed by atoms with van der Waals surface area (Å²) in [7, 11) is 0. The highest BCUT2D eigenvalue weighted by Crippen LogP contribution is 2.07. The molecular weight excluding hydrogens is 266 g/mol. The summed E-state index contributed by atoms with van der Waals surface area (Å²) in [6, 6.07) is 0. The molecule has 0 atom stereocenters. The highest BCUT2D eigenvalue weighted by Gasteiger charge is 2.06. The van der Waals surface area contributed by atoms with E-state index in [0.29, 0.717) is 6.61 Å². The molecule has 0 amide bonds. The molecular formula is C14H28ClNO3. The molecule has 2 N–H and O–H groups in total. The fraction of sp³-hybridized carbons (Fsp3) is 0.857. The molecule has 0 radical (unpaired) electrons. The van der Waals surface area contributed by atoms with E-state index >= 15 is 0 Å². The fourth-order valence-electron chi connectivity index (χ4n) is 1.66. The number of esters is 1. The summed E-state index contributed by atoms with van der Waals surface area (Å²) in [5.74, 6) is -0.384. The standard InChI is InChI=1S/C14H27NO3.ClH/c1-2-3-4-5-6-7-8-11-18-14(17)10-9-13(16)12-15;/h2-12,15H2,1H3;1H. The van der Waals surface area contributed by atoms with E-state index in [-0.39, 0.29) is 43.5 Å². The maximum Gasteiger partial charge on any atom is 0.306 e. The molecule has 114 valence electrons. The van der Waals surface area contributed by atoms with Gasteiger partial charge in [0.1, 0.15) is 5.78 Å². The van der Waals surface area contributed by atoms with Gasteiger partial charge in [-0.2, -0.15) is 0 Å². The summed E-state index contributed by atoms with van der Waals surface area (Å²) in [6.07, 6.45) is 8.75. The number of hydrogen-bond donors (Lipinski definition) is 1. The van der Waals surface area contributed by atoms with Gasteiger partial charge in [-0.1, -0.05) is 45.4 Å². The number of hydrogen-bond acceptors (Lipinski definition) is 4. The van der Waals surface area contributed by atoms with Crippen molar-refractivity contribution >= 4 is 24.2 Å². The summed E-state index contributed by atoms with van der Waals surface area (Å²) < 4.78 is 5.03. The Balaban J connectivity index is 0. The third kappa shape index (κ3) is 15.3. The molecule has 0 spiro atoms. The summed E-state index contributed by atoms with van der Waals surface area (Å²) in [5.41, 5.74) is 5.15. The molecule has 0 aromatic carbocycles. The first-order chi connectivity index (χ1) is 8.70. The van der Waals surface area contributed by atoms with Crippen LogP contribution in [0.25, 0.3) is 0 Å². The Labute approximate surface area is 122 Å². The average Bonchev–Trinajstić information content (AvgIpc) is 2.39. The maximum atomic E-state index is 11.2. The van der Waals surface area contributed by atoms with Crippen LogP contribution in [0.4, 0.5) is 0 Å². The van der Waals surface area contributed by atoms with Gasteiger partial charge in [-0.15, -0.1) is 12.4 Å². The van der Waals surface area contributed by atoms with Gasteiger partial charge < -0.3 is 10.5 Å². The minimum absolute atomic E-state index is 0. The molecule has 0 unspecified atom stereocenters. The van der Waals surface area contributed by atoms with Crippen molar-refractivity contribution < 1.29 is 14.3 Å². The normalized spacial score (nSPS) is 9.79. The molecule has 0 aromatic rings.